The smallest absolute Gasteiger partial charge is 0.136 e. The lowest BCUT2D eigenvalue weighted by Crippen LogP contribution is -2.33. The van der Waals surface area contributed by atoms with Crippen molar-refractivity contribution in [2.75, 3.05) is 17.2 Å². The summed E-state index contributed by atoms with van der Waals surface area (Å²) in [6.45, 7) is 4.83. The van der Waals surface area contributed by atoms with E-state index in [1.54, 1.807) is 0 Å². The lowest BCUT2D eigenvalue weighted by atomic mass is 10.0. The van der Waals surface area contributed by atoms with E-state index in [1.165, 1.54) is 6.33 Å². The number of rotatable bonds is 6. The first-order chi connectivity index (χ1) is 9.09. The second kappa shape index (κ2) is 5.71. The van der Waals surface area contributed by atoms with Gasteiger partial charge in [0.1, 0.15) is 23.8 Å². The molecule has 0 unspecified atom stereocenters. The van der Waals surface area contributed by atoms with Crippen molar-refractivity contribution in [3.63, 3.8) is 0 Å². The highest BCUT2D eigenvalue weighted by molar-refractivity contribution is 5.55. The lowest BCUT2D eigenvalue weighted by Gasteiger charge is -2.26. The van der Waals surface area contributed by atoms with Crippen LogP contribution < -0.4 is 16.4 Å². The van der Waals surface area contributed by atoms with E-state index in [1.807, 2.05) is 24.4 Å². The first-order valence-corrected chi connectivity index (χ1v) is 6.30. The summed E-state index contributed by atoms with van der Waals surface area (Å²) in [4.78, 5) is 11.5. The summed E-state index contributed by atoms with van der Waals surface area (Å²) in [5, 5.41) is 6.53. The highest BCUT2D eigenvalue weighted by atomic mass is 15.1. The number of hydrogen-bond donors (Lipinski definition) is 4. The van der Waals surface area contributed by atoms with Crippen molar-refractivity contribution in [2.45, 2.75) is 25.8 Å². The number of nitrogens with two attached hydrogens (primary N) is 1. The van der Waals surface area contributed by atoms with E-state index in [9.17, 15) is 0 Å². The number of nitrogens with one attached hydrogen (secondary N) is 3. The van der Waals surface area contributed by atoms with Crippen LogP contribution in [0.2, 0.25) is 0 Å². The van der Waals surface area contributed by atoms with Gasteiger partial charge in [0.05, 0.1) is 0 Å². The molecule has 6 nitrogen and oxygen atoms in total. The molecule has 2 aromatic rings. The van der Waals surface area contributed by atoms with Crippen molar-refractivity contribution in [1.29, 1.82) is 0 Å². The van der Waals surface area contributed by atoms with Gasteiger partial charge in [-0.25, -0.2) is 9.97 Å². The number of hydrogen-bond acceptors (Lipinski definition) is 5. The summed E-state index contributed by atoms with van der Waals surface area (Å²) in [5.41, 5.74) is 5.51. The number of anilines is 3. The fraction of sp³-hybridized carbons (Fsp3) is 0.385. The van der Waals surface area contributed by atoms with Crippen LogP contribution in [0.5, 0.6) is 0 Å². The van der Waals surface area contributed by atoms with E-state index in [0.29, 0.717) is 6.54 Å². The molecule has 0 aliphatic carbocycles. The van der Waals surface area contributed by atoms with Crippen LogP contribution in [-0.4, -0.2) is 27.0 Å². The van der Waals surface area contributed by atoms with Crippen molar-refractivity contribution in [1.82, 2.24) is 15.0 Å². The molecule has 0 aliphatic rings. The summed E-state index contributed by atoms with van der Waals surface area (Å²) in [6, 6.07) is 5.74. The van der Waals surface area contributed by atoms with Gasteiger partial charge >= 0.3 is 0 Å². The van der Waals surface area contributed by atoms with E-state index < -0.39 is 0 Å². The highest BCUT2D eigenvalue weighted by Crippen LogP contribution is 2.19. The fourth-order valence-electron chi connectivity index (χ4n) is 1.81. The normalized spacial score (nSPS) is 11.3. The summed E-state index contributed by atoms with van der Waals surface area (Å²) in [5.74, 6) is 2.41. The van der Waals surface area contributed by atoms with Gasteiger partial charge in [-0.05, 0) is 38.9 Å². The van der Waals surface area contributed by atoms with Gasteiger partial charge < -0.3 is 21.4 Å². The average Bonchev–Trinajstić information content (AvgIpc) is 2.81. The molecule has 0 saturated carbocycles. The number of nitrogens with zero attached hydrogens (tertiary/aromatic N) is 2. The molecule has 19 heavy (non-hydrogen) atoms. The molecule has 2 rings (SSSR count). The number of H-pyrrole nitrogens is 1. The lowest BCUT2D eigenvalue weighted by molar-refractivity contribution is 0.524. The Labute approximate surface area is 112 Å². The van der Waals surface area contributed by atoms with Gasteiger partial charge in [0.2, 0.25) is 0 Å². The van der Waals surface area contributed by atoms with Crippen molar-refractivity contribution >= 4 is 17.5 Å². The quantitative estimate of drug-likeness (QED) is 0.638. The minimum absolute atomic E-state index is 0.0905. The Morgan fingerprint density at radius 2 is 2.11 bits per heavy atom. The third-order valence-electron chi connectivity index (χ3n) is 2.76. The third-order valence-corrected chi connectivity index (χ3v) is 2.76. The van der Waals surface area contributed by atoms with Crippen LogP contribution in [0.25, 0.3) is 0 Å². The average molecular weight is 260 g/mol. The van der Waals surface area contributed by atoms with Gasteiger partial charge in [0, 0.05) is 17.8 Å². The molecule has 5 N–H and O–H groups in total. The summed E-state index contributed by atoms with van der Waals surface area (Å²) < 4.78 is 0. The van der Waals surface area contributed by atoms with Gasteiger partial charge in [-0.1, -0.05) is 0 Å². The Hall–Kier alpha value is -2.08. The minimum Gasteiger partial charge on any atom is -0.365 e. The maximum atomic E-state index is 5.60. The first-order valence-electron chi connectivity index (χ1n) is 6.30. The Balaban J connectivity index is 2.07. The first kappa shape index (κ1) is 13.4. The number of aromatic nitrogens is 3. The van der Waals surface area contributed by atoms with Crippen LogP contribution in [0, 0.1) is 0 Å². The molecule has 0 spiro atoms. The van der Waals surface area contributed by atoms with Crippen LogP contribution in [0.1, 0.15) is 20.3 Å². The van der Waals surface area contributed by atoms with Gasteiger partial charge in [-0.2, -0.15) is 0 Å². The molecule has 0 saturated heterocycles. The zero-order chi connectivity index (χ0) is 13.7. The molecule has 102 valence electrons. The van der Waals surface area contributed by atoms with Crippen LogP contribution in [0.4, 0.5) is 17.5 Å². The van der Waals surface area contributed by atoms with Crippen LogP contribution >= 0.6 is 0 Å². The monoisotopic (exact) mass is 260 g/mol. The summed E-state index contributed by atoms with van der Waals surface area (Å²) >= 11 is 0. The van der Waals surface area contributed by atoms with Crippen LogP contribution in [-0.2, 0) is 0 Å². The standard InChI is InChI=1S/C13H20N6/c1-13(2,5-6-14)19-12-8-11(16-9-17-12)18-10-4-3-7-15-10/h3-4,7-9,15H,5-6,14H2,1-2H3,(H2,16,17,18,19). The summed E-state index contributed by atoms with van der Waals surface area (Å²) in [6.07, 6.45) is 4.26. The maximum Gasteiger partial charge on any atom is 0.136 e. The molecule has 0 aromatic carbocycles. The Bertz CT molecular complexity index is 506. The molecular weight excluding hydrogens is 240 g/mol. The molecule has 0 radical (unpaired) electrons. The molecule has 6 heteroatoms. The summed E-state index contributed by atoms with van der Waals surface area (Å²) in [7, 11) is 0. The van der Waals surface area contributed by atoms with E-state index in [2.05, 4.69) is 39.4 Å². The van der Waals surface area contributed by atoms with Crippen molar-refractivity contribution < 1.29 is 0 Å². The number of aromatic amines is 1. The molecule has 0 atom stereocenters. The van der Waals surface area contributed by atoms with Gasteiger partial charge in [0.25, 0.3) is 0 Å². The SMILES string of the molecule is CC(C)(CCN)Nc1cc(Nc2ccc[nH]2)ncn1. The predicted octanol–water partition coefficient (Wildman–Crippen LogP) is 2.09. The van der Waals surface area contributed by atoms with Gasteiger partial charge in [0.15, 0.2) is 0 Å². The van der Waals surface area contributed by atoms with Crippen LogP contribution in [0.3, 0.4) is 0 Å². The zero-order valence-electron chi connectivity index (χ0n) is 11.3. The zero-order valence-corrected chi connectivity index (χ0v) is 11.3. The van der Waals surface area contributed by atoms with Crippen molar-refractivity contribution in [3.8, 4) is 0 Å². The molecule has 0 aliphatic heterocycles. The molecule has 2 aromatic heterocycles. The van der Waals surface area contributed by atoms with Gasteiger partial charge in [-0.15, -0.1) is 0 Å². The molecule has 0 amide bonds. The second-order valence-electron chi connectivity index (χ2n) is 5.04. The van der Waals surface area contributed by atoms with E-state index >= 15 is 0 Å². The molecule has 2 heterocycles. The Morgan fingerprint density at radius 3 is 2.79 bits per heavy atom. The third kappa shape index (κ3) is 3.96. The Kier molecular flexibility index (Phi) is 4.01. The topological polar surface area (TPSA) is 91.7 Å². The van der Waals surface area contributed by atoms with E-state index in [0.717, 1.165) is 23.9 Å². The largest absolute Gasteiger partial charge is 0.365 e. The van der Waals surface area contributed by atoms with Crippen LogP contribution in [0.15, 0.2) is 30.7 Å². The molecule has 0 fully saturated rings. The highest BCUT2D eigenvalue weighted by Gasteiger charge is 2.16. The van der Waals surface area contributed by atoms with E-state index in [-0.39, 0.29) is 5.54 Å². The van der Waals surface area contributed by atoms with E-state index in [4.69, 9.17) is 5.73 Å². The molecule has 0 bridgehead atoms. The van der Waals surface area contributed by atoms with Gasteiger partial charge in [-0.3, -0.25) is 0 Å². The minimum atomic E-state index is -0.0905. The molecular formula is C13H20N6. The Morgan fingerprint density at radius 1 is 1.32 bits per heavy atom. The second-order valence-corrected chi connectivity index (χ2v) is 5.04. The van der Waals surface area contributed by atoms with Crippen molar-refractivity contribution in [3.05, 3.63) is 30.7 Å². The fourth-order valence-corrected chi connectivity index (χ4v) is 1.81. The van der Waals surface area contributed by atoms with Crippen molar-refractivity contribution in [2.24, 2.45) is 5.73 Å². The maximum absolute atomic E-state index is 5.60. The predicted molar refractivity (Wildman–Crippen MR) is 77.5 cm³/mol.